The van der Waals surface area contributed by atoms with Crippen LogP contribution in [0.15, 0.2) is 30.7 Å². The minimum Gasteiger partial charge on any atom is -0.490 e. The molecular weight excluding hydrogens is 422 g/mol. The van der Waals surface area contributed by atoms with Gasteiger partial charge in [-0.3, -0.25) is 9.67 Å². The summed E-state index contributed by atoms with van der Waals surface area (Å²) in [6, 6.07) is 3.91. The first-order chi connectivity index (χ1) is 16.2. The van der Waals surface area contributed by atoms with E-state index >= 15 is 0 Å². The lowest BCUT2D eigenvalue weighted by Crippen LogP contribution is -2.36. The number of ether oxygens (including phenoxy) is 3. The summed E-state index contributed by atoms with van der Waals surface area (Å²) in [5.41, 5.74) is 2.13. The Hall–Kier alpha value is -2.91. The molecule has 5 rings (SSSR count). The number of hydrogen-bond acceptors (Lipinski definition) is 8. The van der Waals surface area contributed by atoms with Crippen LogP contribution in [-0.2, 0) is 11.8 Å². The van der Waals surface area contributed by atoms with Crippen LogP contribution in [0.1, 0.15) is 37.2 Å². The molecule has 4 heterocycles. The number of aryl methyl sites for hydroxylation is 1. The van der Waals surface area contributed by atoms with E-state index in [9.17, 15) is 0 Å². The van der Waals surface area contributed by atoms with Gasteiger partial charge in [-0.25, -0.2) is 0 Å². The maximum absolute atomic E-state index is 9.09. The molecule has 9 heteroatoms. The number of fused-ring (bicyclic) bond motifs is 1. The minimum atomic E-state index is -0.0458. The molecule has 2 aliphatic rings. The second kappa shape index (κ2) is 9.93. The van der Waals surface area contributed by atoms with Crippen LogP contribution in [0.25, 0.3) is 10.9 Å². The molecule has 1 saturated carbocycles. The van der Waals surface area contributed by atoms with Crippen LogP contribution >= 0.6 is 0 Å². The summed E-state index contributed by atoms with van der Waals surface area (Å²) in [5.74, 6) is 2.59. The average Bonchev–Trinajstić information content (AvgIpc) is 3.30. The number of pyridine rings is 2. The Kier molecular flexibility index (Phi) is 6.59. The molecule has 176 valence electrons. The van der Waals surface area contributed by atoms with Gasteiger partial charge in [-0.2, -0.15) is 10.1 Å². The van der Waals surface area contributed by atoms with Crippen molar-refractivity contribution in [3.05, 3.63) is 36.3 Å². The van der Waals surface area contributed by atoms with E-state index in [1.807, 2.05) is 30.1 Å². The summed E-state index contributed by atoms with van der Waals surface area (Å²) in [5, 5.41) is 14.2. The first-order valence-corrected chi connectivity index (χ1v) is 11.7. The second-order valence-electron chi connectivity index (χ2n) is 8.73. The summed E-state index contributed by atoms with van der Waals surface area (Å²) in [6.45, 7) is 3.15. The highest BCUT2D eigenvalue weighted by molar-refractivity contribution is 5.87. The molecule has 33 heavy (non-hydrogen) atoms. The molecule has 2 fully saturated rings. The van der Waals surface area contributed by atoms with Gasteiger partial charge in [-0.15, -0.1) is 0 Å². The molecule has 0 atom stereocenters. The van der Waals surface area contributed by atoms with Crippen LogP contribution in [-0.4, -0.2) is 70.5 Å². The van der Waals surface area contributed by atoms with Crippen LogP contribution in [0.3, 0.4) is 0 Å². The Bertz CT molecular complexity index is 1070. The van der Waals surface area contributed by atoms with E-state index in [1.165, 1.54) is 5.56 Å². The largest absolute Gasteiger partial charge is 0.490 e. The normalized spacial score (nSPS) is 21.3. The minimum absolute atomic E-state index is 0.0458. The van der Waals surface area contributed by atoms with Crippen molar-refractivity contribution in [3.63, 3.8) is 0 Å². The Morgan fingerprint density at radius 2 is 1.94 bits per heavy atom. The average molecular weight is 454 g/mol. The van der Waals surface area contributed by atoms with Gasteiger partial charge >= 0.3 is 0 Å². The van der Waals surface area contributed by atoms with Crippen molar-refractivity contribution >= 4 is 16.7 Å². The monoisotopic (exact) mass is 453 g/mol. The van der Waals surface area contributed by atoms with E-state index in [0.717, 1.165) is 55.5 Å². The fourth-order valence-electron chi connectivity index (χ4n) is 4.67. The molecule has 0 unspecified atom stereocenters. The van der Waals surface area contributed by atoms with Crippen LogP contribution < -0.4 is 14.4 Å². The van der Waals surface area contributed by atoms with E-state index < -0.39 is 0 Å². The Labute approximate surface area is 193 Å². The van der Waals surface area contributed by atoms with Gasteiger partial charge < -0.3 is 24.2 Å². The summed E-state index contributed by atoms with van der Waals surface area (Å²) in [7, 11) is 1.96. The van der Waals surface area contributed by atoms with Gasteiger partial charge in [0.1, 0.15) is 24.3 Å². The molecule has 0 amide bonds. The standard InChI is InChI=1S/C24H31N5O4/c1-28-16-18(14-26-28)17-2-4-19(5-3-17)33-24-21-12-20(32-11-8-30)15-25-22(21)13-23(27-24)29-6-9-31-10-7-29/h12-17,19,30H,2-11H2,1H3/t17-,19+. The van der Waals surface area contributed by atoms with Crippen molar-refractivity contribution in [3.8, 4) is 11.6 Å². The maximum atomic E-state index is 9.09. The fraction of sp³-hybridized carbons (Fsp3) is 0.542. The van der Waals surface area contributed by atoms with Crippen molar-refractivity contribution in [1.29, 1.82) is 0 Å². The highest BCUT2D eigenvalue weighted by Crippen LogP contribution is 2.36. The lowest BCUT2D eigenvalue weighted by atomic mass is 9.84. The number of nitrogens with zero attached hydrogens (tertiary/aromatic N) is 5. The number of rotatable bonds is 7. The summed E-state index contributed by atoms with van der Waals surface area (Å²) < 4.78 is 19.5. The van der Waals surface area contributed by atoms with Crippen molar-refractivity contribution in [2.45, 2.75) is 37.7 Å². The molecule has 0 aromatic carbocycles. The Balaban J connectivity index is 1.38. The lowest BCUT2D eigenvalue weighted by Gasteiger charge is -2.30. The fourth-order valence-corrected chi connectivity index (χ4v) is 4.67. The second-order valence-corrected chi connectivity index (χ2v) is 8.73. The zero-order chi connectivity index (χ0) is 22.6. The first-order valence-electron chi connectivity index (χ1n) is 11.7. The van der Waals surface area contributed by atoms with Gasteiger partial charge in [0.25, 0.3) is 0 Å². The molecule has 3 aromatic heterocycles. The molecule has 9 nitrogen and oxygen atoms in total. The molecule has 1 aliphatic heterocycles. The van der Waals surface area contributed by atoms with Gasteiger partial charge in [0.05, 0.1) is 43.1 Å². The predicted octanol–water partition coefficient (Wildman–Crippen LogP) is 2.68. The third kappa shape index (κ3) is 5.04. The number of aromatic nitrogens is 4. The molecule has 1 aliphatic carbocycles. The number of aliphatic hydroxyl groups excluding tert-OH is 1. The van der Waals surface area contributed by atoms with E-state index in [0.29, 0.717) is 30.8 Å². The third-order valence-electron chi connectivity index (χ3n) is 6.45. The third-order valence-corrected chi connectivity index (χ3v) is 6.45. The van der Waals surface area contributed by atoms with Gasteiger partial charge in [-0.1, -0.05) is 0 Å². The quantitative estimate of drug-likeness (QED) is 0.584. The van der Waals surface area contributed by atoms with Crippen molar-refractivity contribution in [1.82, 2.24) is 19.7 Å². The predicted molar refractivity (Wildman–Crippen MR) is 124 cm³/mol. The Morgan fingerprint density at radius 1 is 1.12 bits per heavy atom. The molecular formula is C24H31N5O4. The highest BCUT2D eigenvalue weighted by atomic mass is 16.5. The van der Waals surface area contributed by atoms with Crippen LogP contribution in [0.2, 0.25) is 0 Å². The van der Waals surface area contributed by atoms with Crippen molar-refractivity contribution < 1.29 is 19.3 Å². The zero-order valence-electron chi connectivity index (χ0n) is 19.0. The summed E-state index contributed by atoms with van der Waals surface area (Å²) in [4.78, 5) is 11.7. The molecule has 1 N–H and O–H groups in total. The number of aliphatic hydroxyl groups is 1. The topological polar surface area (TPSA) is 94.8 Å². The summed E-state index contributed by atoms with van der Waals surface area (Å²) in [6.07, 6.45) is 9.97. The lowest BCUT2D eigenvalue weighted by molar-refractivity contribution is 0.122. The first kappa shape index (κ1) is 21.9. The highest BCUT2D eigenvalue weighted by Gasteiger charge is 2.26. The van der Waals surface area contributed by atoms with Crippen molar-refractivity contribution in [2.24, 2.45) is 7.05 Å². The maximum Gasteiger partial charge on any atom is 0.225 e. The molecule has 0 spiro atoms. The molecule has 0 bridgehead atoms. The zero-order valence-corrected chi connectivity index (χ0v) is 19.0. The van der Waals surface area contributed by atoms with Gasteiger partial charge in [0.15, 0.2) is 0 Å². The van der Waals surface area contributed by atoms with Gasteiger partial charge in [0.2, 0.25) is 5.88 Å². The SMILES string of the molecule is Cn1cc([C@H]2CC[C@@H](Oc3nc(N4CCOCC4)cc4ncc(OCCO)cc34)CC2)cn1. The smallest absolute Gasteiger partial charge is 0.225 e. The van der Waals surface area contributed by atoms with Gasteiger partial charge in [0, 0.05) is 32.4 Å². The number of anilines is 1. The van der Waals surface area contributed by atoms with Crippen LogP contribution in [0.4, 0.5) is 5.82 Å². The summed E-state index contributed by atoms with van der Waals surface area (Å²) >= 11 is 0. The van der Waals surface area contributed by atoms with Gasteiger partial charge in [-0.05, 0) is 43.2 Å². The Morgan fingerprint density at radius 3 is 2.67 bits per heavy atom. The molecule has 1 saturated heterocycles. The van der Waals surface area contributed by atoms with E-state index in [2.05, 4.69) is 21.2 Å². The number of hydrogen-bond donors (Lipinski definition) is 1. The molecule has 0 radical (unpaired) electrons. The van der Waals surface area contributed by atoms with Crippen LogP contribution in [0.5, 0.6) is 11.6 Å². The van der Waals surface area contributed by atoms with E-state index in [4.69, 9.17) is 24.3 Å². The van der Waals surface area contributed by atoms with Crippen molar-refractivity contribution in [2.75, 3.05) is 44.4 Å². The molecule has 3 aromatic rings. The van der Waals surface area contributed by atoms with Crippen LogP contribution in [0, 0.1) is 0 Å². The van der Waals surface area contributed by atoms with E-state index in [-0.39, 0.29) is 19.3 Å². The number of morpholine rings is 1. The van der Waals surface area contributed by atoms with E-state index in [1.54, 1.807) is 6.20 Å².